The van der Waals surface area contributed by atoms with Gasteiger partial charge in [-0.15, -0.1) is 11.8 Å². The number of hydrogen-bond donors (Lipinski definition) is 3. The standard InChI is InChI=1S/C20H31N3O2S/c1-15(21)11-12-22-20(25)17-9-5-6-10-18(17)26-14-19(24)23-13-16-7-3-2-4-8-16/h5-6,9-10,15-16H,2-4,7-8,11-14,21H2,1H3,(H,22,25)(H,23,24). The van der Waals surface area contributed by atoms with E-state index in [0.29, 0.717) is 23.8 Å². The Bertz CT molecular complexity index is 586. The molecule has 0 spiro atoms. The number of nitrogens with one attached hydrogen (secondary N) is 2. The summed E-state index contributed by atoms with van der Waals surface area (Å²) >= 11 is 1.41. The fourth-order valence-electron chi connectivity index (χ4n) is 3.13. The van der Waals surface area contributed by atoms with Crippen LogP contribution in [0.3, 0.4) is 0 Å². The number of thioether (sulfide) groups is 1. The van der Waals surface area contributed by atoms with Crippen molar-refractivity contribution in [3.63, 3.8) is 0 Å². The highest BCUT2D eigenvalue weighted by molar-refractivity contribution is 8.00. The first kappa shape index (κ1) is 20.8. The topological polar surface area (TPSA) is 84.2 Å². The van der Waals surface area contributed by atoms with Gasteiger partial charge >= 0.3 is 0 Å². The van der Waals surface area contributed by atoms with Gasteiger partial charge in [-0.25, -0.2) is 0 Å². The van der Waals surface area contributed by atoms with Crippen molar-refractivity contribution in [2.75, 3.05) is 18.8 Å². The quantitative estimate of drug-likeness (QED) is 0.578. The summed E-state index contributed by atoms with van der Waals surface area (Å²) in [4.78, 5) is 25.3. The number of benzene rings is 1. The van der Waals surface area contributed by atoms with Crippen LogP contribution < -0.4 is 16.4 Å². The zero-order valence-corrected chi connectivity index (χ0v) is 16.4. The third-order valence-corrected chi connectivity index (χ3v) is 5.76. The average Bonchev–Trinajstić information content (AvgIpc) is 2.65. The van der Waals surface area contributed by atoms with Gasteiger partial charge in [-0.1, -0.05) is 31.4 Å². The van der Waals surface area contributed by atoms with Crippen molar-refractivity contribution < 1.29 is 9.59 Å². The van der Waals surface area contributed by atoms with Gasteiger partial charge in [0.1, 0.15) is 0 Å². The summed E-state index contributed by atoms with van der Waals surface area (Å²) in [6.45, 7) is 3.25. The van der Waals surface area contributed by atoms with E-state index in [-0.39, 0.29) is 17.9 Å². The Morgan fingerprint density at radius 3 is 2.65 bits per heavy atom. The third kappa shape index (κ3) is 7.38. The van der Waals surface area contributed by atoms with Gasteiger partial charge < -0.3 is 16.4 Å². The molecule has 1 aromatic carbocycles. The maximum atomic E-state index is 12.4. The minimum absolute atomic E-state index is 0.0349. The molecular weight excluding hydrogens is 346 g/mol. The van der Waals surface area contributed by atoms with Gasteiger partial charge in [0.05, 0.1) is 11.3 Å². The van der Waals surface area contributed by atoms with E-state index in [0.717, 1.165) is 17.9 Å². The predicted molar refractivity (Wildman–Crippen MR) is 107 cm³/mol. The van der Waals surface area contributed by atoms with E-state index < -0.39 is 0 Å². The molecule has 6 heteroatoms. The smallest absolute Gasteiger partial charge is 0.252 e. The van der Waals surface area contributed by atoms with Crippen LogP contribution in [0.15, 0.2) is 29.2 Å². The SMILES string of the molecule is CC(N)CCNC(=O)c1ccccc1SCC(=O)NCC1CCCCC1. The van der Waals surface area contributed by atoms with Crippen molar-refractivity contribution in [1.82, 2.24) is 10.6 Å². The lowest BCUT2D eigenvalue weighted by molar-refractivity contribution is -0.118. The fraction of sp³-hybridized carbons (Fsp3) is 0.600. The zero-order valence-electron chi connectivity index (χ0n) is 15.6. The minimum atomic E-state index is -0.114. The van der Waals surface area contributed by atoms with Crippen LogP contribution in [0.25, 0.3) is 0 Å². The first-order valence-corrected chi connectivity index (χ1v) is 10.6. The predicted octanol–water partition coefficient (Wildman–Crippen LogP) is 2.94. The van der Waals surface area contributed by atoms with Crippen LogP contribution in [0.5, 0.6) is 0 Å². The molecular formula is C20H31N3O2S. The summed E-state index contributed by atoms with van der Waals surface area (Å²) in [5.74, 6) is 0.876. The summed E-state index contributed by atoms with van der Waals surface area (Å²) in [7, 11) is 0. The number of hydrogen-bond acceptors (Lipinski definition) is 4. The molecule has 1 aliphatic carbocycles. The van der Waals surface area contributed by atoms with E-state index in [9.17, 15) is 9.59 Å². The molecule has 26 heavy (non-hydrogen) atoms. The second-order valence-corrected chi connectivity index (χ2v) is 8.13. The largest absolute Gasteiger partial charge is 0.355 e. The molecule has 0 bridgehead atoms. The van der Waals surface area contributed by atoms with Gasteiger partial charge in [0, 0.05) is 24.0 Å². The second kappa shape index (κ2) is 11.2. The van der Waals surface area contributed by atoms with E-state index >= 15 is 0 Å². The molecule has 144 valence electrons. The maximum Gasteiger partial charge on any atom is 0.252 e. The molecule has 5 nitrogen and oxygen atoms in total. The highest BCUT2D eigenvalue weighted by Gasteiger charge is 2.15. The molecule has 0 aromatic heterocycles. The highest BCUT2D eigenvalue weighted by Crippen LogP contribution is 2.24. The molecule has 1 aliphatic rings. The Labute approximate surface area is 160 Å². The molecule has 1 unspecified atom stereocenters. The Kier molecular flexibility index (Phi) is 8.98. The van der Waals surface area contributed by atoms with E-state index in [2.05, 4.69) is 10.6 Å². The summed E-state index contributed by atoms with van der Waals surface area (Å²) < 4.78 is 0. The lowest BCUT2D eigenvalue weighted by atomic mass is 9.89. The van der Waals surface area contributed by atoms with Crippen molar-refractivity contribution in [2.24, 2.45) is 11.7 Å². The van der Waals surface area contributed by atoms with E-state index in [1.54, 1.807) is 6.07 Å². The number of rotatable bonds is 9. The van der Waals surface area contributed by atoms with E-state index in [1.165, 1.54) is 43.9 Å². The lowest BCUT2D eigenvalue weighted by Gasteiger charge is -2.21. The molecule has 1 aromatic rings. The Hall–Kier alpha value is -1.53. The number of carbonyl (C=O) groups is 2. The number of amides is 2. The summed E-state index contributed by atoms with van der Waals surface area (Å²) in [6, 6.07) is 7.48. The van der Waals surface area contributed by atoms with Crippen LogP contribution in [0.4, 0.5) is 0 Å². The molecule has 2 amide bonds. The first-order chi connectivity index (χ1) is 12.6. The van der Waals surface area contributed by atoms with Crippen molar-refractivity contribution >= 4 is 23.6 Å². The number of carbonyl (C=O) groups excluding carboxylic acids is 2. The molecule has 1 fully saturated rings. The van der Waals surface area contributed by atoms with Crippen molar-refractivity contribution in [3.05, 3.63) is 29.8 Å². The van der Waals surface area contributed by atoms with Crippen molar-refractivity contribution in [2.45, 2.75) is 56.4 Å². The van der Waals surface area contributed by atoms with Crippen LogP contribution in [0, 0.1) is 5.92 Å². The summed E-state index contributed by atoms with van der Waals surface area (Å²) in [6.07, 6.45) is 7.06. The van der Waals surface area contributed by atoms with Crippen LogP contribution in [0.1, 0.15) is 55.8 Å². The number of nitrogens with two attached hydrogens (primary N) is 1. The average molecular weight is 378 g/mol. The monoisotopic (exact) mass is 377 g/mol. The first-order valence-electron chi connectivity index (χ1n) is 9.58. The molecule has 0 radical (unpaired) electrons. The van der Waals surface area contributed by atoms with Gasteiger partial charge in [0.25, 0.3) is 5.91 Å². The van der Waals surface area contributed by atoms with Gasteiger partial charge in [0.2, 0.25) is 5.91 Å². The van der Waals surface area contributed by atoms with E-state index in [1.807, 2.05) is 25.1 Å². The van der Waals surface area contributed by atoms with Gasteiger partial charge in [0.15, 0.2) is 0 Å². The molecule has 2 rings (SSSR count). The van der Waals surface area contributed by atoms with Gasteiger partial charge in [-0.05, 0) is 44.2 Å². The lowest BCUT2D eigenvalue weighted by Crippen LogP contribution is -2.31. The second-order valence-electron chi connectivity index (χ2n) is 7.11. The van der Waals surface area contributed by atoms with Crippen LogP contribution >= 0.6 is 11.8 Å². The van der Waals surface area contributed by atoms with Crippen molar-refractivity contribution in [1.29, 1.82) is 0 Å². The molecule has 0 aliphatic heterocycles. The molecule has 4 N–H and O–H groups in total. The Morgan fingerprint density at radius 1 is 1.19 bits per heavy atom. The molecule has 0 heterocycles. The van der Waals surface area contributed by atoms with Gasteiger partial charge in [-0.2, -0.15) is 0 Å². The highest BCUT2D eigenvalue weighted by atomic mass is 32.2. The van der Waals surface area contributed by atoms with Crippen LogP contribution in [-0.2, 0) is 4.79 Å². The zero-order chi connectivity index (χ0) is 18.8. The van der Waals surface area contributed by atoms with Crippen LogP contribution in [0.2, 0.25) is 0 Å². The third-order valence-electron chi connectivity index (χ3n) is 4.69. The summed E-state index contributed by atoms with van der Waals surface area (Å²) in [5.41, 5.74) is 6.32. The Morgan fingerprint density at radius 2 is 1.92 bits per heavy atom. The fourth-order valence-corrected chi connectivity index (χ4v) is 4.01. The summed E-state index contributed by atoms with van der Waals surface area (Å²) in [5, 5.41) is 5.94. The van der Waals surface area contributed by atoms with E-state index in [4.69, 9.17) is 5.73 Å². The normalized spacial score (nSPS) is 16.1. The minimum Gasteiger partial charge on any atom is -0.355 e. The van der Waals surface area contributed by atoms with Crippen LogP contribution in [-0.4, -0.2) is 36.7 Å². The molecule has 1 saturated carbocycles. The molecule has 0 saturated heterocycles. The molecule has 1 atom stereocenters. The van der Waals surface area contributed by atoms with Crippen molar-refractivity contribution in [3.8, 4) is 0 Å². The maximum absolute atomic E-state index is 12.4. The Balaban J connectivity index is 1.79. The van der Waals surface area contributed by atoms with Gasteiger partial charge in [-0.3, -0.25) is 9.59 Å².